The number of nitrogens with zero attached hydrogens (tertiary/aromatic N) is 2. The molecule has 1 saturated carbocycles. The standard InChI is InChI=1S/C14H18N4/c1-10-5-4-6-11(9-10)17-18-14-15-12-7-2-3-8-13(12)16-14/h2-3,7-8,10H,4-6,9H2,1H3,(H2,15,16,18)/b17-11-. The third-order valence-corrected chi connectivity index (χ3v) is 3.46. The molecular formula is C14H18N4. The number of imidazole rings is 1. The third kappa shape index (κ3) is 2.37. The van der Waals surface area contributed by atoms with Gasteiger partial charge in [0.2, 0.25) is 5.95 Å². The van der Waals surface area contributed by atoms with E-state index in [1.165, 1.54) is 18.6 Å². The van der Waals surface area contributed by atoms with Crippen LogP contribution >= 0.6 is 0 Å². The molecule has 2 aromatic rings. The van der Waals surface area contributed by atoms with E-state index in [1.54, 1.807) is 0 Å². The molecular weight excluding hydrogens is 224 g/mol. The van der Waals surface area contributed by atoms with Crippen molar-refractivity contribution >= 4 is 22.7 Å². The minimum atomic E-state index is 0.724. The van der Waals surface area contributed by atoms with Crippen LogP contribution in [0.3, 0.4) is 0 Å². The second-order valence-corrected chi connectivity index (χ2v) is 5.09. The molecule has 1 fully saturated rings. The lowest BCUT2D eigenvalue weighted by molar-refractivity contribution is 0.500. The Kier molecular flexibility index (Phi) is 3.00. The maximum atomic E-state index is 4.47. The molecule has 0 spiro atoms. The van der Waals surface area contributed by atoms with Crippen LogP contribution in [0.4, 0.5) is 5.95 Å². The highest BCUT2D eigenvalue weighted by Crippen LogP contribution is 2.21. The Labute approximate surface area is 107 Å². The number of para-hydroxylation sites is 2. The summed E-state index contributed by atoms with van der Waals surface area (Å²) in [6.07, 6.45) is 4.79. The van der Waals surface area contributed by atoms with E-state index >= 15 is 0 Å². The Balaban J connectivity index is 1.74. The number of hydrazone groups is 1. The average molecular weight is 242 g/mol. The van der Waals surface area contributed by atoms with Crippen LogP contribution in [-0.2, 0) is 0 Å². The molecule has 0 amide bonds. The first kappa shape index (κ1) is 11.3. The van der Waals surface area contributed by atoms with Gasteiger partial charge < -0.3 is 4.98 Å². The number of hydrogen-bond donors (Lipinski definition) is 2. The number of aromatic nitrogens is 2. The first-order chi connectivity index (χ1) is 8.81. The van der Waals surface area contributed by atoms with E-state index in [1.807, 2.05) is 24.3 Å². The Morgan fingerprint density at radius 1 is 1.39 bits per heavy atom. The predicted octanol–water partition coefficient (Wildman–Crippen LogP) is 3.54. The van der Waals surface area contributed by atoms with E-state index in [0.717, 1.165) is 35.7 Å². The third-order valence-electron chi connectivity index (χ3n) is 3.46. The van der Waals surface area contributed by atoms with Gasteiger partial charge in [-0.25, -0.2) is 10.4 Å². The minimum Gasteiger partial charge on any atom is -0.323 e. The molecule has 0 bridgehead atoms. The fourth-order valence-electron chi connectivity index (χ4n) is 2.50. The van der Waals surface area contributed by atoms with E-state index in [-0.39, 0.29) is 0 Å². The number of hydrogen-bond acceptors (Lipinski definition) is 3. The van der Waals surface area contributed by atoms with Gasteiger partial charge >= 0.3 is 0 Å². The molecule has 4 nitrogen and oxygen atoms in total. The fraction of sp³-hybridized carbons (Fsp3) is 0.429. The summed E-state index contributed by atoms with van der Waals surface area (Å²) in [5.74, 6) is 1.48. The Hall–Kier alpha value is -1.84. The van der Waals surface area contributed by atoms with Gasteiger partial charge in [0.15, 0.2) is 0 Å². The number of H-pyrrole nitrogens is 1. The quantitative estimate of drug-likeness (QED) is 0.791. The lowest BCUT2D eigenvalue weighted by Gasteiger charge is -2.18. The van der Waals surface area contributed by atoms with E-state index in [0.29, 0.717) is 0 Å². The Morgan fingerprint density at radius 2 is 2.28 bits per heavy atom. The number of aromatic amines is 1. The molecule has 18 heavy (non-hydrogen) atoms. The van der Waals surface area contributed by atoms with Crippen LogP contribution in [0.5, 0.6) is 0 Å². The molecule has 1 atom stereocenters. The first-order valence-corrected chi connectivity index (χ1v) is 6.57. The maximum absolute atomic E-state index is 4.47. The zero-order valence-corrected chi connectivity index (χ0v) is 10.6. The monoisotopic (exact) mass is 242 g/mol. The van der Waals surface area contributed by atoms with Crippen LogP contribution in [0.2, 0.25) is 0 Å². The zero-order valence-electron chi connectivity index (χ0n) is 10.6. The lowest BCUT2D eigenvalue weighted by atomic mass is 9.89. The van der Waals surface area contributed by atoms with Crippen LogP contribution in [0, 0.1) is 5.92 Å². The number of anilines is 1. The molecule has 1 unspecified atom stereocenters. The predicted molar refractivity (Wildman–Crippen MR) is 74.8 cm³/mol. The summed E-state index contributed by atoms with van der Waals surface area (Å²) >= 11 is 0. The highest BCUT2D eigenvalue weighted by molar-refractivity contribution is 5.86. The zero-order chi connectivity index (χ0) is 12.4. The molecule has 3 rings (SSSR count). The second-order valence-electron chi connectivity index (χ2n) is 5.09. The minimum absolute atomic E-state index is 0.724. The van der Waals surface area contributed by atoms with Gasteiger partial charge in [0, 0.05) is 5.71 Å². The average Bonchev–Trinajstić information content (AvgIpc) is 2.79. The van der Waals surface area contributed by atoms with Crippen molar-refractivity contribution in [2.45, 2.75) is 32.6 Å². The summed E-state index contributed by atoms with van der Waals surface area (Å²) in [6, 6.07) is 8.00. The van der Waals surface area contributed by atoms with E-state index in [9.17, 15) is 0 Å². The van der Waals surface area contributed by atoms with Crippen LogP contribution in [0.15, 0.2) is 29.4 Å². The second kappa shape index (κ2) is 4.80. The smallest absolute Gasteiger partial charge is 0.222 e. The highest BCUT2D eigenvalue weighted by Gasteiger charge is 2.13. The maximum Gasteiger partial charge on any atom is 0.222 e. The lowest BCUT2D eigenvalue weighted by Crippen LogP contribution is -2.14. The molecule has 0 saturated heterocycles. The molecule has 0 aliphatic heterocycles. The molecule has 94 valence electrons. The first-order valence-electron chi connectivity index (χ1n) is 6.57. The number of rotatable bonds is 2. The van der Waals surface area contributed by atoms with Gasteiger partial charge in [-0.1, -0.05) is 19.1 Å². The largest absolute Gasteiger partial charge is 0.323 e. The van der Waals surface area contributed by atoms with Crippen LogP contribution < -0.4 is 5.43 Å². The topological polar surface area (TPSA) is 53.1 Å². The van der Waals surface area contributed by atoms with Crippen molar-refractivity contribution in [3.63, 3.8) is 0 Å². The molecule has 1 aromatic heterocycles. The van der Waals surface area contributed by atoms with Gasteiger partial charge in [-0.15, -0.1) is 0 Å². The Morgan fingerprint density at radius 3 is 3.11 bits per heavy atom. The van der Waals surface area contributed by atoms with Gasteiger partial charge in [-0.05, 0) is 43.7 Å². The van der Waals surface area contributed by atoms with Crippen molar-refractivity contribution in [3.8, 4) is 0 Å². The summed E-state index contributed by atoms with van der Waals surface area (Å²) in [6.45, 7) is 2.29. The van der Waals surface area contributed by atoms with Crippen molar-refractivity contribution in [1.29, 1.82) is 0 Å². The molecule has 1 aromatic carbocycles. The van der Waals surface area contributed by atoms with E-state index in [2.05, 4.69) is 27.4 Å². The van der Waals surface area contributed by atoms with Crippen molar-refractivity contribution in [1.82, 2.24) is 9.97 Å². The SMILES string of the molecule is CC1CCC/C(=N/Nc2nc3ccccc3[nH]2)C1. The molecule has 1 aliphatic rings. The van der Waals surface area contributed by atoms with Crippen molar-refractivity contribution in [2.24, 2.45) is 11.0 Å². The molecule has 1 heterocycles. The summed E-state index contributed by atoms with van der Waals surface area (Å²) in [4.78, 5) is 7.66. The van der Waals surface area contributed by atoms with E-state index < -0.39 is 0 Å². The van der Waals surface area contributed by atoms with Crippen LogP contribution in [0.1, 0.15) is 32.6 Å². The molecule has 2 N–H and O–H groups in total. The summed E-state index contributed by atoms with van der Waals surface area (Å²) in [5.41, 5.74) is 6.31. The van der Waals surface area contributed by atoms with E-state index in [4.69, 9.17) is 0 Å². The molecule has 1 aliphatic carbocycles. The van der Waals surface area contributed by atoms with Crippen LogP contribution in [0.25, 0.3) is 11.0 Å². The highest BCUT2D eigenvalue weighted by atomic mass is 15.4. The summed E-state index contributed by atoms with van der Waals surface area (Å²) < 4.78 is 0. The van der Waals surface area contributed by atoms with Gasteiger partial charge in [0.25, 0.3) is 0 Å². The molecule has 4 heteroatoms. The Bertz CT molecular complexity index is 537. The van der Waals surface area contributed by atoms with Gasteiger partial charge in [0.05, 0.1) is 11.0 Å². The fourth-order valence-corrected chi connectivity index (χ4v) is 2.50. The summed E-state index contributed by atoms with van der Waals surface area (Å²) in [7, 11) is 0. The normalized spacial score (nSPS) is 22.5. The number of fused-ring (bicyclic) bond motifs is 1. The number of benzene rings is 1. The van der Waals surface area contributed by atoms with Crippen molar-refractivity contribution in [2.75, 3.05) is 5.43 Å². The van der Waals surface area contributed by atoms with Crippen molar-refractivity contribution < 1.29 is 0 Å². The number of nitrogens with one attached hydrogen (secondary N) is 2. The van der Waals surface area contributed by atoms with Crippen molar-refractivity contribution in [3.05, 3.63) is 24.3 Å². The van der Waals surface area contributed by atoms with Gasteiger partial charge in [0.1, 0.15) is 0 Å². The summed E-state index contributed by atoms with van der Waals surface area (Å²) in [5, 5.41) is 4.47. The van der Waals surface area contributed by atoms with Gasteiger partial charge in [-0.2, -0.15) is 5.10 Å². The molecule has 0 radical (unpaired) electrons. The van der Waals surface area contributed by atoms with Gasteiger partial charge in [-0.3, -0.25) is 0 Å². The van der Waals surface area contributed by atoms with Crippen LogP contribution in [-0.4, -0.2) is 15.7 Å².